The molecule has 0 spiro atoms. The average Bonchev–Trinajstić information content (AvgIpc) is 2.26. The Hall–Kier alpha value is -0.430. The second-order valence-electron chi connectivity index (χ2n) is 8.34. The quantitative estimate of drug-likeness (QED) is 0.680. The summed E-state index contributed by atoms with van der Waals surface area (Å²) in [6.45, 7) is 18.2. The molecule has 108 valence electrons. The van der Waals surface area contributed by atoms with Gasteiger partial charge in [0.05, 0.1) is 0 Å². The summed E-state index contributed by atoms with van der Waals surface area (Å²) in [4.78, 5) is 0. The van der Waals surface area contributed by atoms with E-state index in [0.29, 0.717) is 0 Å². The molecule has 1 rings (SSSR count). The molecule has 0 aliphatic heterocycles. The Balaban J connectivity index is 3.51. The first-order valence-corrected chi connectivity index (χ1v) is 7.78. The van der Waals surface area contributed by atoms with Crippen LogP contribution in [0.4, 0.5) is 0 Å². The zero-order chi connectivity index (χ0) is 15.1. The summed E-state index contributed by atoms with van der Waals surface area (Å²) >= 11 is 4.53. The molecule has 0 heterocycles. The van der Waals surface area contributed by atoms with Crippen LogP contribution in [0.1, 0.15) is 72.1 Å². The van der Waals surface area contributed by atoms with Crippen molar-refractivity contribution in [2.24, 2.45) is 0 Å². The van der Waals surface area contributed by atoms with Gasteiger partial charge in [-0.05, 0) is 38.7 Å². The molecule has 1 heteroatoms. The Labute approximate surface area is 125 Å². The van der Waals surface area contributed by atoms with Crippen molar-refractivity contribution >= 4 is 12.6 Å². The van der Waals surface area contributed by atoms with Crippen molar-refractivity contribution in [2.75, 3.05) is 5.75 Å². The van der Waals surface area contributed by atoms with E-state index in [1.165, 1.54) is 16.7 Å². The summed E-state index contributed by atoms with van der Waals surface area (Å²) in [6.07, 6.45) is 0. The van der Waals surface area contributed by atoms with Crippen molar-refractivity contribution in [1.82, 2.24) is 0 Å². The maximum Gasteiger partial charge on any atom is -0.000583 e. The molecule has 0 saturated carbocycles. The van der Waals surface area contributed by atoms with Crippen LogP contribution >= 0.6 is 12.6 Å². The van der Waals surface area contributed by atoms with Crippen LogP contribution in [0.25, 0.3) is 0 Å². The fourth-order valence-electron chi connectivity index (χ4n) is 1.98. The number of hydrogen-bond acceptors (Lipinski definition) is 1. The van der Waals surface area contributed by atoms with Crippen molar-refractivity contribution in [3.8, 4) is 0 Å². The Morgan fingerprint density at radius 2 is 1.00 bits per heavy atom. The zero-order valence-corrected chi connectivity index (χ0v) is 14.8. The lowest BCUT2D eigenvalue weighted by molar-refractivity contribution is 0.552. The van der Waals surface area contributed by atoms with Gasteiger partial charge in [-0.1, -0.05) is 73.6 Å². The molecular weight excluding hydrogens is 248 g/mol. The molecule has 0 nitrogen and oxygen atoms in total. The highest BCUT2D eigenvalue weighted by Gasteiger charge is 2.25. The van der Waals surface area contributed by atoms with Crippen LogP contribution in [0.2, 0.25) is 0 Å². The molecule has 0 aliphatic rings. The van der Waals surface area contributed by atoms with Gasteiger partial charge in [0.25, 0.3) is 0 Å². The molecule has 0 unspecified atom stereocenters. The van der Waals surface area contributed by atoms with E-state index in [9.17, 15) is 0 Å². The molecule has 0 aromatic heterocycles. The van der Waals surface area contributed by atoms with Crippen LogP contribution in [0.5, 0.6) is 0 Å². The van der Waals surface area contributed by atoms with Crippen LogP contribution in [-0.4, -0.2) is 5.75 Å². The van der Waals surface area contributed by atoms with Gasteiger partial charge in [-0.15, -0.1) is 0 Å². The Bertz CT molecular complexity index is 409. The summed E-state index contributed by atoms with van der Waals surface area (Å²) in [6, 6.07) is 7.11. The van der Waals surface area contributed by atoms with Crippen LogP contribution in [0, 0.1) is 0 Å². The third-order valence-electron chi connectivity index (χ3n) is 3.84. The van der Waals surface area contributed by atoms with E-state index in [1.807, 2.05) is 0 Å². The molecule has 1 aromatic rings. The highest BCUT2D eigenvalue weighted by Crippen LogP contribution is 2.34. The number of benzene rings is 1. The molecular formula is C18H30S. The molecule has 0 amide bonds. The summed E-state index contributed by atoms with van der Waals surface area (Å²) in [5, 5.41) is 0. The van der Waals surface area contributed by atoms with E-state index in [0.717, 1.165) is 5.75 Å². The van der Waals surface area contributed by atoms with Gasteiger partial charge in [-0.2, -0.15) is 12.6 Å². The largest absolute Gasteiger partial charge is 0.178 e. The minimum Gasteiger partial charge on any atom is -0.178 e. The molecule has 0 fully saturated rings. The lowest BCUT2D eigenvalue weighted by Gasteiger charge is -2.30. The Morgan fingerprint density at radius 1 is 0.684 bits per heavy atom. The highest BCUT2D eigenvalue weighted by atomic mass is 32.1. The fraction of sp³-hybridized carbons (Fsp3) is 0.667. The van der Waals surface area contributed by atoms with Gasteiger partial charge in [0, 0.05) is 0 Å². The molecule has 0 aliphatic carbocycles. The Kier molecular flexibility index (Phi) is 4.52. The van der Waals surface area contributed by atoms with Gasteiger partial charge >= 0.3 is 0 Å². The minimum atomic E-state index is 0.115. The third kappa shape index (κ3) is 4.02. The van der Waals surface area contributed by atoms with Gasteiger partial charge in [0.2, 0.25) is 0 Å². The van der Waals surface area contributed by atoms with Crippen LogP contribution in [0.15, 0.2) is 18.2 Å². The first-order valence-electron chi connectivity index (χ1n) is 7.15. The van der Waals surface area contributed by atoms with Crippen molar-refractivity contribution in [2.45, 2.75) is 71.6 Å². The molecule has 0 radical (unpaired) electrons. The van der Waals surface area contributed by atoms with Crippen molar-refractivity contribution in [1.29, 1.82) is 0 Å². The summed E-state index contributed by atoms with van der Waals surface area (Å²) in [5.74, 6) is 0.865. The topological polar surface area (TPSA) is 0 Å². The van der Waals surface area contributed by atoms with Crippen molar-refractivity contribution in [3.05, 3.63) is 34.9 Å². The second-order valence-corrected chi connectivity index (χ2v) is 8.66. The maximum atomic E-state index is 4.53. The molecule has 1 aromatic carbocycles. The zero-order valence-electron chi connectivity index (χ0n) is 13.9. The highest BCUT2D eigenvalue weighted by molar-refractivity contribution is 7.80. The first-order chi connectivity index (χ1) is 8.38. The standard InChI is InChI=1S/C18H30S/c1-16(2,3)13-9-14(17(4,5)6)11-15(10-13)18(7,8)12-19/h9-11,19H,12H2,1-8H3. The van der Waals surface area contributed by atoms with Gasteiger partial charge in [0.15, 0.2) is 0 Å². The lowest BCUT2D eigenvalue weighted by atomic mass is 9.75. The Morgan fingerprint density at radius 3 is 1.26 bits per heavy atom. The number of thiol groups is 1. The van der Waals surface area contributed by atoms with Crippen molar-refractivity contribution < 1.29 is 0 Å². The summed E-state index contributed by atoms with van der Waals surface area (Å²) < 4.78 is 0. The van der Waals surface area contributed by atoms with E-state index in [2.05, 4.69) is 86.2 Å². The van der Waals surface area contributed by atoms with Crippen LogP contribution in [-0.2, 0) is 16.2 Å². The van der Waals surface area contributed by atoms with Gasteiger partial charge in [0.1, 0.15) is 0 Å². The van der Waals surface area contributed by atoms with Crippen molar-refractivity contribution in [3.63, 3.8) is 0 Å². The van der Waals surface area contributed by atoms with Gasteiger partial charge in [-0.3, -0.25) is 0 Å². The fourth-order valence-corrected chi connectivity index (χ4v) is 2.16. The maximum absolute atomic E-state index is 4.53. The van der Waals surface area contributed by atoms with E-state index in [1.54, 1.807) is 0 Å². The van der Waals surface area contributed by atoms with Gasteiger partial charge in [-0.25, -0.2) is 0 Å². The summed E-state index contributed by atoms with van der Waals surface area (Å²) in [7, 11) is 0. The van der Waals surface area contributed by atoms with E-state index in [-0.39, 0.29) is 16.2 Å². The van der Waals surface area contributed by atoms with Crippen LogP contribution in [0.3, 0.4) is 0 Å². The molecule has 0 saturated heterocycles. The SMILES string of the molecule is CC(C)(C)c1cc(C(C)(C)C)cc(C(C)(C)CS)c1. The second kappa shape index (κ2) is 5.16. The first kappa shape index (κ1) is 16.6. The predicted molar refractivity (Wildman–Crippen MR) is 90.7 cm³/mol. The van der Waals surface area contributed by atoms with Crippen LogP contribution < -0.4 is 0 Å². The minimum absolute atomic E-state index is 0.115. The lowest BCUT2D eigenvalue weighted by Crippen LogP contribution is -2.23. The predicted octanol–water partition coefficient (Wildman–Crippen LogP) is 5.49. The smallest absolute Gasteiger partial charge is 0.000583 e. The average molecular weight is 279 g/mol. The van der Waals surface area contributed by atoms with E-state index < -0.39 is 0 Å². The van der Waals surface area contributed by atoms with E-state index in [4.69, 9.17) is 0 Å². The number of rotatable bonds is 2. The molecule has 0 N–H and O–H groups in total. The third-order valence-corrected chi connectivity index (χ3v) is 4.63. The van der Waals surface area contributed by atoms with Gasteiger partial charge < -0.3 is 0 Å². The summed E-state index contributed by atoms with van der Waals surface area (Å²) in [5.41, 5.74) is 4.73. The monoisotopic (exact) mass is 278 g/mol. The van der Waals surface area contributed by atoms with E-state index >= 15 is 0 Å². The normalized spacial score (nSPS) is 13.7. The molecule has 19 heavy (non-hydrogen) atoms. The number of hydrogen-bond donors (Lipinski definition) is 1. The molecule has 0 bridgehead atoms. The molecule has 0 atom stereocenters.